The smallest absolute Gasteiger partial charge is 0.319 e. The van der Waals surface area contributed by atoms with Crippen LogP contribution in [0, 0.1) is 0 Å². The van der Waals surface area contributed by atoms with Crippen molar-refractivity contribution >= 4 is 11.8 Å². The van der Waals surface area contributed by atoms with Gasteiger partial charge in [-0.15, -0.1) is 0 Å². The maximum Gasteiger partial charge on any atom is 0.446 e. The lowest BCUT2D eigenvalue weighted by atomic mass is 10.5. The second-order valence-electron chi connectivity index (χ2n) is 2.36. The summed E-state index contributed by atoms with van der Waals surface area (Å²) in [4.78, 5) is 10.8. The van der Waals surface area contributed by atoms with Crippen LogP contribution in [0.4, 0.5) is 13.2 Å². The van der Waals surface area contributed by atoms with Gasteiger partial charge in [-0.25, -0.2) is 0 Å². The summed E-state index contributed by atoms with van der Waals surface area (Å²) in [5.74, 6) is 0. The van der Waals surface area contributed by atoms with Gasteiger partial charge in [0.15, 0.2) is 0 Å². The molecule has 72 valence electrons. The minimum Gasteiger partial charge on any atom is -0.319 e. The second kappa shape index (κ2) is 3.45. The maximum absolute atomic E-state index is 11.8. The summed E-state index contributed by atoms with van der Waals surface area (Å²) in [7, 11) is 1.48. The first-order valence-corrected chi connectivity index (χ1v) is 4.12. The van der Waals surface area contributed by atoms with Crippen LogP contribution in [-0.4, -0.2) is 10.1 Å². The normalized spacial score (nSPS) is 11.7. The molecule has 0 aromatic carbocycles. The lowest BCUT2D eigenvalue weighted by Gasteiger charge is -2.05. The van der Waals surface area contributed by atoms with Crippen molar-refractivity contribution in [1.29, 1.82) is 0 Å². The molecule has 13 heavy (non-hydrogen) atoms. The highest BCUT2D eigenvalue weighted by Gasteiger charge is 2.29. The van der Waals surface area contributed by atoms with E-state index >= 15 is 0 Å². The zero-order valence-electron chi connectivity index (χ0n) is 6.63. The summed E-state index contributed by atoms with van der Waals surface area (Å²) < 4.78 is 36.7. The molecule has 0 radical (unpaired) electrons. The van der Waals surface area contributed by atoms with E-state index < -0.39 is 11.1 Å². The van der Waals surface area contributed by atoms with Crippen molar-refractivity contribution in [2.24, 2.45) is 7.05 Å². The monoisotopic (exact) mass is 209 g/mol. The summed E-state index contributed by atoms with van der Waals surface area (Å²) in [6.45, 7) is 0. The van der Waals surface area contributed by atoms with E-state index in [0.29, 0.717) is 0 Å². The number of aromatic nitrogens is 1. The molecule has 0 aliphatic carbocycles. The quantitative estimate of drug-likeness (QED) is 0.660. The molecule has 0 spiro atoms. The van der Waals surface area contributed by atoms with Crippen LogP contribution in [0.1, 0.15) is 0 Å². The highest BCUT2D eigenvalue weighted by Crippen LogP contribution is 2.35. The topological polar surface area (TPSA) is 22.0 Å². The van der Waals surface area contributed by atoms with E-state index in [1.54, 1.807) is 0 Å². The molecule has 0 fully saturated rings. The van der Waals surface area contributed by atoms with E-state index in [4.69, 9.17) is 0 Å². The van der Waals surface area contributed by atoms with Crippen LogP contribution in [0.2, 0.25) is 0 Å². The molecule has 0 bridgehead atoms. The molecule has 1 rings (SSSR count). The second-order valence-corrected chi connectivity index (χ2v) is 3.50. The van der Waals surface area contributed by atoms with Gasteiger partial charge in [0.2, 0.25) is 0 Å². The van der Waals surface area contributed by atoms with Gasteiger partial charge in [-0.3, -0.25) is 4.79 Å². The Balaban J connectivity index is 2.93. The Bertz CT molecular complexity index is 357. The minimum absolute atomic E-state index is 0.0874. The van der Waals surface area contributed by atoms with Gasteiger partial charge >= 0.3 is 5.51 Å². The fraction of sp³-hybridized carbons (Fsp3) is 0.286. The summed E-state index contributed by atoms with van der Waals surface area (Å²) in [5.41, 5.74) is -4.79. The van der Waals surface area contributed by atoms with E-state index in [0.717, 1.165) is 6.07 Å². The van der Waals surface area contributed by atoms with Gasteiger partial charge in [0.25, 0.3) is 5.56 Å². The standard InChI is InChI=1S/C7H6F3NOS/c1-11-3-2-5(4-6(11)12)13-7(8,9)10/h2-4H,1H3. The Morgan fingerprint density at radius 3 is 2.54 bits per heavy atom. The number of alkyl halides is 3. The zero-order valence-corrected chi connectivity index (χ0v) is 7.45. The number of pyridine rings is 1. The minimum atomic E-state index is -4.34. The van der Waals surface area contributed by atoms with Crippen LogP contribution in [0.3, 0.4) is 0 Å². The third kappa shape index (κ3) is 3.14. The Kier molecular flexibility index (Phi) is 2.70. The lowest BCUT2D eigenvalue weighted by Crippen LogP contribution is -2.14. The molecule has 2 nitrogen and oxygen atoms in total. The number of rotatable bonds is 1. The van der Waals surface area contributed by atoms with Crippen molar-refractivity contribution in [3.8, 4) is 0 Å². The molecule has 1 aromatic heterocycles. The molecule has 0 amide bonds. The molecular weight excluding hydrogens is 203 g/mol. The number of thioether (sulfide) groups is 1. The number of aryl methyl sites for hydroxylation is 1. The Labute approximate surface area is 76.4 Å². The summed E-state index contributed by atoms with van der Waals surface area (Å²) in [6.07, 6.45) is 1.30. The Morgan fingerprint density at radius 2 is 2.08 bits per heavy atom. The number of hydrogen-bond acceptors (Lipinski definition) is 2. The van der Waals surface area contributed by atoms with Crippen molar-refractivity contribution < 1.29 is 13.2 Å². The highest BCUT2D eigenvalue weighted by molar-refractivity contribution is 8.00. The van der Waals surface area contributed by atoms with Gasteiger partial charge in [-0.2, -0.15) is 13.2 Å². The van der Waals surface area contributed by atoms with E-state index in [-0.39, 0.29) is 16.7 Å². The molecule has 0 saturated heterocycles. The van der Waals surface area contributed by atoms with Crippen LogP contribution < -0.4 is 5.56 Å². The van der Waals surface area contributed by atoms with E-state index in [1.165, 1.54) is 23.9 Å². The van der Waals surface area contributed by atoms with Crippen LogP contribution in [0.15, 0.2) is 28.0 Å². The van der Waals surface area contributed by atoms with Crippen LogP contribution in [0.5, 0.6) is 0 Å². The Morgan fingerprint density at radius 1 is 1.46 bits per heavy atom. The van der Waals surface area contributed by atoms with Gasteiger partial charge in [-0.05, 0) is 17.8 Å². The molecule has 0 aliphatic rings. The number of halogens is 3. The highest BCUT2D eigenvalue weighted by atomic mass is 32.2. The SMILES string of the molecule is Cn1ccc(SC(F)(F)F)cc1=O. The number of nitrogens with zero attached hydrogens (tertiary/aromatic N) is 1. The van der Waals surface area contributed by atoms with Gasteiger partial charge in [0, 0.05) is 24.2 Å². The summed E-state index contributed by atoms with van der Waals surface area (Å²) in [6, 6.07) is 2.21. The van der Waals surface area contributed by atoms with E-state index in [2.05, 4.69) is 0 Å². The molecule has 0 N–H and O–H groups in total. The predicted octanol–water partition coefficient (Wildman–Crippen LogP) is 2.00. The molecule has 6 heteroatoms. The van der Waals surface area contributed by atoms with E-state index in [1.807, 2.05) is 0 Å². The van der Waals surface area contributed by atoms with Crippen LogP contribution >= 0.6 is 11.8 Å². The third-order valence-electron chi connectivity index (χ3n) is 1.31. The maximum atomic E-state index is 11.8. The van der Waals surface area contributed by atoms with Gasteiger partial charge in [0.1, 0.15) is 0 Å². The largest absolute Gasteiger partial charge is 0.446 e. The summed E-state index contributed by atoms with van der Waals surface area (Å²) in [5, 5.41) is 0. The van der Waals surface area contributed by atoms with E-state index in [9.17, 15) is 18.0 Å². The average Bonchev–Trinajstić information content (AvgIpc) is 1.94. The van der Waals surface area contributed by atoms with Gasteiger partial charge in [0.05, 0.1) is 0 Å². The molecular formula is C7H6F3NOS. The average molecular weight is 209 g/mol. The van der Waals surface area contributed by atoms with Crippen molar-refractivity contribution in [3.63, 3.8) is 0 Å². The molecule has 0 aliphatic heterocycles. The Hall–Kier alpha value is -0.910. The fourth-order valence-electron chi connectivity index (χ4n) is 0.727. The third-order valence-corrected chi connectivity index (χ3v) is 2.03. The first-order valence-electron chi connectivity index (χ1n) is 3.31. The number of hydrogen-bond donors (Lipinski definition) is 0. The zero-order chi connectivity index (χ0) is 10.1. The van der Waals surface area contributed by atoms with Crippen molar-refractivity contribution in [2.45, 2.75) is 10.4 Å². The molecule has 0 saturated carbocycles. The molecule has 1 aromatic rings. The van der Waals surface area contributed by atoms with Crippen molar-refractivity contribution in [2.75, 3.05) is 0 Å². The van der Waals surface area contributed by atoms with Crippen molar-refractivity contribution in [1.82, 2.24) is 4.57 Å². The summed E-state index contributed by atoms with van der Waals surface area (Å²) >= 11 is -0.290. The molecule has 0 unspecified atom stereocenters. The first kappa shape index (κ1) is 10.2. The molecule has 1 heterocycles. The fourth-order valence-corrected chi connectivity index (χ4v) is 1.28. The van der Waals surface area contributed by atoms with Gasteiger partial charge in [-0.1, -0.05) is 0 Å². The first-order chi connectivity index (χ1) is 5.88. The van der Waals surface area contributed by atoms with Crippen LogP contribution in [-0.2, 0) is 7.05 Å². The van der Waals surface area contributed by atoms with Crippen molar-refractivity contribution in [3.05, 3.63) is 28.7 Å². The van der Waals surface area contributed by atoms with Gasteiger partial charge < -0.3 is 4.57 Å². The lowest BCUT2D eigenvalue weighted by molar-refractivity contribution is -0.0328. The molecule has 0 atom stereocenters. The predicted molar refractivity (Wildman–Crippen MR) is 43.6 cm³/mol. The van der Waals surface area contributed by atoms with Crippen LogP contribution in [0.25, 0.3) is 0 Å².